The molecule has 208 valence electrons. The molecular weight excluding hydrogens is 460 g/mol. The molecular formula is C33H52O4. The van der Waals surface area contributed by atoms with Crippen LogP contribution in [-0.4, -0.2) is 23.7 Å². The Morgan fingerprint density at radius 3 is 2.24 bits per heavy atom. The third kappa shape index (κ3) is 3.51. The normalized spacial score (nSPS) is 50.4. The molecule has 0 aromatic carbocycles. The van der Waals surface area contributed by atoms with Gasteiger partial charge in [0.05, 0.1) is 17.9 Å². The van der Waals surface area contributed by atoms with Crippen molar-refractivity contribution in [2.75, 3.05) is 6.61 Å². The molecule has 4 nitrogen and oxygen atoms in total. The smallest absolute Gasteiger partial charge is 0.309 e. The fourth-order valence-electron chi connectivity index (χ4n) is 11.2. The molecule has 37 heavy (non-hydrogen) atoms. The molecule has 0 aromatic rings. The number of rotatable bonds is 3. The number of carboxylic acids is 1. The largest absolute Gasteiger partial charge is 0.481 e. The molecule has 4 heteroatoms. The molecule has 0 radical (unpaired) electrons. The first-order valence-electron chi connectivity index (χ1n) is 15.2. The van der Waals surface area contributed by atoms with E-state index >= 15 is 0 Å². The molecule has 4 saturated carbocycles. The first kappa shape index (κ1) is 27.3. The predicted molar refractivity (Wildman–Crippen MR) is 147 cm³/mol. The number of aliphatic carboxylic acids is 1. The molecule has 5 rings (SSSR count). The maximum absolute atomic E-state index is 13.0. The highest BCUT2D eigenvalue weighted by Gasteiger charge is 2.68. The van der Waals surface area contributed by atoms with Gasteiger partial charge < -0.3 is 9.84 Å². The summed E-state index contributed by atoms with van der Waals surface area (Å²) < 4.78 is 5.55. The summed E-state index contributed by atoms with van der Waals surface area (Å²) in [5.41, 5.74) is 1.68. The molecule has 5 aliphatic carbocycles. The van der Waals surface area contributed by atoms with Gasteiger partial charge in [0.15, 0.2) is 0 Å². The lowest BCUT2D eigenvalue weighted by molar-refractivity contribution is -0.200. The number of carboxylic acid groups (broad SMARTS) is 1. The zero-order valence-electron chi connectivity index (χ0n) is 24.8. The Morgan fingerprint density at radius 2 is 1.59 bits per heavy atom. The lowest BCUT2D eigenvalue weighted by Crippen LogP contribution is -2.64. The van der Waals surface area contributed by atoms with Gasteiger partial charge in [0.2, 0.25) is 0 Å². The van der Waals surface area contributed by atoms with Crippen molar-refractivity contribution < 1.29 is 19.4 Å². The van der Waals surface area contributed by atoms with E-state index in [2.05, 4.69) is 47.6 Å². The van der Waals surface area contributed by atoms with Crippen LogP contribution >= 0.6 is 0 Å². The Balaban J connectivity index is 1.52. The Hall–Kier alpha value is -1.32. The first-order chi connectivity index (χ1) is 17.1. The second-order valence-electron chi connectivity index (χ2n) is 15.7. The van der Waals surface area contributed by atoms with Gasteiger partial charge >= 0.3 is 11.9 Å². The quantitative estimate of drug-likeness (QED) is 0.307. The Kier molecular flexibility index (Phi) is 6.14. The van der Waals surface area contributed by atoms with E-state index in [1.54, 1.807) is 5.57 Å². The van der Waals surface area contributed by atoms with Crippen LogP contribution < -0.4 is 0 Å². The van der Waals surface area contributed by atoms with Gasteiger partial charge in [-0.1, -0.05) is 53.2 Å². The summed E-state index contributed by atoms with van der Waals surface area (Å²) in [4.78, 5) is 25.3. The zero-order valence-corrected chi connectivity index (χ0v) is 24.8. The summed E-state index contributed by atoms with van der Waals surface area (Å²) in [6.45, 7) is 19.2. The fraction of sp³-hybridized carbons (Fsp3) is 0.879. The molecule has 0 aromatic heterocycles. The Morgan fingerprint density at radius 1 is 0.919 bits per heavy atom. The molecule has 0 saturated heterocycles. The van der Waals surface area contributed by atoms with Crippen LogP contribution in [0.25, 0.3) is 0 Å². The Labute approximate surface area is 225 Å². The van der Waals surface area contributed by atoms with E-state index in [9.17, 15) is 14.7 Å². The van der Waals surface area contributed by atoms with Gasteiger partial charge in [0, 0.05) is 0 Å². The number of fused-ring (bicyclic) bond motifs is 7. The van der Waals surface area contributed by atoms with Crippen molar-refractivity contribution in [3.05, 3.63) is 11.6 Å². The molecule has 1 N–H and O–H groups in total. The summed E-state index contributed by atoms with van der Waals surface area (Å²) in [6, 6.07) is 0. The third-order valence-electron chi connectivity index (χ3n) is 14.0. The number of hydrogen-bond acceptors (Lipinski definition) is 3. The van der Waals surface area contributed by atoms with Crippen molar-refractivity contribution in [1.29, 1.82) is 0 Å². The molecule has 0 bridgehead atoms. The predicted octanol–water partition coefficient (Wildman–Crippen LogP) is 8.05. The number of carbonyl (C=O) groups excluding carboxylic acids is 1. The highest BCUT2D eigenvalue weighted by atomic mass is 16.5. The standard InChI is InChI=1S/C33H52O4/c1-9-37-26(34)22-12-14-31(6)24(28(22,2)3)13-15-33(8)25(31)11-10-21-23-20-30(5,27(35)36)17-16-29(23,4)18-19-32(21,33)7/h10,22-25H,9,11-20H2,1-8H3,(H,35,36)/t22-,23+,24+,25-,29-,30+,31+,32-,33-/m1/s1. The molecule has 0 aliphatic heterocycles. The average molecular weight is 513 g/mol. The van der Waals surface area contributed by atoms with E-state index in [1.165, 1.54) is 25.7 Å². The van der Waals surface area contributed by atoms with E-state index in [4.69, 9.17) is 4.74 Å². The van der Waals surface area contributed by atoms with Crippen molar-refractivity contribution in [3.63, 3.8) is 0 Å². The number of allylic oxidation sites excluding steroid dienone is 2. The van der Waals surface area contributed by atoms with Gasteiger partial charge in [-0.15, -0.1) is 0 Å². The maximum Gasteiger partial charge on any atom is 0.309 e. The van der Waals surface area contributed by atoms with E-state index in [1.807, 2.05) is 13.8 Å². The molecule has 4 fully saturated rings. The first-order valence-corrected chi connectivity index (χ1v) is 15.2. The molecule has 0 heterocycles. The SMILES string of the molecule is CCOC(=O)[C@H]1CC[C@]2(C)[C@H]3CC=C4[C@@H]5C[C@@](C)(C(=O)O)CC[C@]5(C)CC[C@@]4(C)[C@]3(C)CC[C@H]2C1(C)C. The second kappa shape index (κ2) is 8.34. The molecule has 0 spiro atoms. The number of hydrogen-bond donors (Lipinski definition) is 1. The fourth-order valence-corrected chi connectivity index (χ4v) is 11.2. The van der Waals surface area contributed by atoms with Crippen LogP contribution in [0, 0.1) is 56.2 Å². The molecule has 5 aliphatic rings. The van der Waals surface area contributed by atoms with E-state index in [-0.39, 0.29) is 39.0 Å². The summed E-state index contributed by atoms with van der Waals surface area (Å²) >= 11 is 0. The highest BCUT2D eigenvalue weighted by Crippen LogP contribution is 2.76. The Bertz CT molecular complexity index is 1010. The van der Waals surface area contributed by atoms with Crippen molar-refractivity contribution in [1.82, 2.24) is 0 Å². The van der Waals surface area contributed by atoms with Gasteiger partial charge in [-0.2, -0.15) is 0 Å². The zero-order chi connectivity index (χ0) is 27.2. The van der Waals surface area contributed by atoms with Gasteiger partial charge in [0.25, 0.3) is 0 Å². The number of esters is 1. The van der Waals surface area contributed by atoms with Crippen LogP contribution in [-0.2, 0) is 14.3 Å². The number of carbonyl (C=O) groups is 2. The van der Waals surface area contributed by atoms with Crippen molar-refractivity contribution >= 4 is 11.9 Å². The van der Waals surface area contributed by atoms with Crippen molar-refractivity contribution in [2.24, 2.45) is 56.2 Å². The summed E-state index contributed by atoms with van der Waals surface area (Å²) in [6.07, 6.45) is 13.2. The van der Waals surface area contributed by atoms with Crippen LogP contribution in [0.3, 0.4) is 0 Å². The van der Waals surface area contributed by atoms with Crippen LogP contribution in [0.2, 0.25) is 0 Å². The third-order valence-corrected chi connectivity index (χ3v) is 14.0. The highest BCUT2D eigenvalue weighted by molar-refractivity contribution is 5.74. The van der Waals surface area contributed by atoms with Crippen LogP contribution in [0.5, 0.6) is 0 Å². The minimum atomic E-state index is -0.615. The van der Waals surface area contributed by atoms with Crippen LogP contribution in [0.1, 0.15) is 120 Å². The van der Waals surface area contributed by atoms with Gasteiger partial charge in [-0.25, -0.2) is 0 Å². The molecule has 0 amide bonds. The molecule has 9 atom stereocenters. The van der Waals surface area contributed by atoms with Gasteiger partial charge in [-0.3, -0.25) is 9.59 Å². The summed E-state index contributed by atoms with van der Waals surface area (Å²) in [7, 11) is 0. The van der Waals surface area contributed by atoms with Gasteiger partial charge in [-0.05, 0) is 123 Å². The second-order valence-corrected chi connectivity index (χ2v) is 15.7. The van der Waals surface area contributed by atoms with Gasteiger partial charge in [0.1, 0.15) is 0 Å². The maximum atomic E-state index is 13.0. The number of ether oxygens (including phenoxy) is 1. The van der Waals surface area contributed by atoms with Crippen LogP contribution in [0.15, 0.2) is 11.6 Å². The minimum absolute atomic E-state index is 0.00557. The van der Waals surface area contributed by atoms with E-state index < -0.39 is 11.4 Å². The van der Waals surface area contributed by atoms with Crippen molar-refractivity contribution in [2.45, 2.75) is 120 Å². The average Bonchev–Trinajstić information content (AvgIpc) is 2.80. The van der Waals surface area contributed by atoms with E-state index in [0.29, 0.717) is 24.4 Å². The minimum Gasteiger partial charge on any atom is -0.481 e. The van der Waals surface area contributed by atoms with Crippen LogP contribution in [0.4, 0.5) is 0 Å². The summed E-state index contributed by atoms with van der Waals surface area (Å²) in [5.74, 6) is 0.862. The lowest BCUT2D eigenvalue weighted by atomic mass is 9.33. The topological polar surface area (TPSA) is 63.6 Å². The lowest BCUT2D eigenvalue weighted by Gasteiger charge is -2.71. The molecule has 0 unspecified atom stereocenters. The van der Waals surface area contributed by atoms with Crippen molar-refractivity contribution in [3.8, 4) is 0 Å². The summed E-state index contributed by atoms with van der Waals surface area (Å²) in [5, 5.41) is 10.1. The van der Waals surface area contributed by atoms with E-state index in [0.717, 1.165) is 38.5 Å². The monoisotopic (exact) mass is 512 g/mol.